The average molecular weight is 239 g/mol. The third kappa shape index (κ3) is 24.9. The van der Waals surface area contributed by atoms with Gasteiger partial charge in [0.25, 0.3) is 0 Å². The van der Waals surface area contributed by atoms with Crippen LogP contribution in [-0.4, -0.2) is 31.3 Å². The van der Waals surface area contributed by atoms with Crippen molar-refractivity contribution in [2.24, 2.45) is 9.98 Å². The summed E-state index contributed by atoms with van der Waals surface area (Å²) in [6.45, 7) is 0.442. The summed E-state index contributed by atoms with van der Waals surface area (Å²) >= 11 is 0. The van der Waals surface area contributed by atoms with Crippen molar-refractivity contribution in [3.05, 3.63) is 0 Å². The normalized spacial score (nSPS) is 12.0. The van der Waals surface area contributed by atoms with Gasteiger partial charge in [-0.2, -0.15) is 0 Å². The molecule has 94 valence electrons. The van der Waals surface area contributed by atoms with Crippen LogP contribution in [0.15, 0.2) is 9.98 Å². The number of carbonyl (C=O) groups excluding carboxylic acids is 3. The fourth-order valence-corrected chi connectivity index (χ4v) is 1.25. The SMILES string of the molecule is C1CCCCC1.N=C=O.O=C=NCCN=C=O. The molecule has 0 aromatic carbocycles. The molecule has 0 bridgehead atoms. The van der Waals surface area contributed by atoms with Gasteiger partial charge in [-0.25, -0.2) is 29.8 Å². The number of nitrogens with one attached hydrogen (secondary N) is 1. The molecule has 1 fully saturated rings. The smallest absolute Gasteiger partial charge is 0.222 e. The third-order valence-electron chi connectivity index (χ3n) is 1.95. The lowest BCUT2D eigenvalue weighted by Crippen LogP contribution is -1.85. The number of nitrogens with zero attached hydrogens (tertiary/aromatic N) is 2. The molecule has 0 aromatic heterocycles. The molecule has 1 aliphatic carbocycles. The summed E-state index contributed by atoms with van der Waals surface area (Å²) in [6.07, 6.45) is 12.4. The largest absolute Gasteiger partial charge is 0.235 e. The predicted molar refractivity (Wildman–Crippen MR) is 62.1 cm³/mol. The third-order valence-corrected chi connectivity index (χ3v) is 1.95. The Morgan fingerprint density at radius 3 is 1.18 bits per heavy atom. The molecule has 0 atom stereocenters. The standard InChI is InChI=1S/C6H12.C4H4N2O2.CHNO/c1-2-4-6-5-3-1;7-3-5-1-2-6-4-8;2-1-3/h1-6H2;1-2H2;2H. The van der Waals surface area contributed by atoms with E-state index in [9.17, 15) is 9.59 Å². The fraction of sp³-hybridized carbons (Fsp3) is 0.727. The van der Waals surface area contributed by atoms with Crippen molar-refractivity contribution < 1.29 is 14.4 Å². The second-order valence-electron chi connectivity index (χ2n) is 3.17. The fourth-order valence-electron chi connectivity index (χ4n) is 1.25. The van der Waals surface area contributed by atoms with Crippen molar-refractivity contribution >= 4 is 18.2 Å². The van der Waals surface area contributed by atoms with E-state index in [1.807, 2.05) is 0 Å². The van der Waals surface area contributed by atoms with E-state index in [1.165, 1.54) is 50.7 Å². The van der Waals surface area contributed by atoms with Gasteiger partial charge in [0, 0.05) is 0 Å². The highest BCUT2D eigenvalue weighted by molar-refractivity contribution is 5.34. The number of aliphatic imine (C=N–C) groups is 2. The molecular formula is C11H17N3O3. The molecule has 1 saturated carbocycles. The molecule has 6 nitrogen and oxygen atoms in total. The number of hydrogen-bond acceptors (Lipinski definition) is 6. The highest BCUT2D eigenvalue weighted by Gasteiger charge is 1.95. The zero-order valence-electron chi connectivity index (χ0n) is 9.78. The minimum atomic E-state index is 0.221. The molecule has 1 N–H and O–H groups in total. The van der Waals surface area contributed by atoms with Gasteiger partial charge in [-0.3, -0.25) is 0 Å². The van der Waals surface area contributed by atoms with Crippen LogP contribution in [0, 0.1) is 5.41 Å². The van der Waals surface area contributed by atoms with Crippen LogP contribution in [0.25, 0.3) is 0 Å². The Morgan fingerprint density at radius 1 is 0.765 bits per heavy atom. The summed E-state index contributed by atoms with van der Waals surface area (Å²) in [6, 6.07) is 0. The molecule has 0 spiro atoms. The monoisotopic (exact) mass is 239 g/mol. The second-order valence-corrected chi connectivity index (χ2v) is 3.17. The number of hydrogen-bond donors (Lipinski definition) is 1. The highest BCUT2D eigenvalue weighted by atomic mass is 16.1. The summed E-state index contributed by atoms with van der Waals surface area (Å²) in [5, 5.41) is 5.40. The molecular weight excluding hydrogens is 222 g/mol. The first-order chi connectivity index (χ1) is 8.33. The van der Waals surface area contributed by atoms with Gasteiger partial charge in [0.2, 0.25) is 18.2 Å². The topological polar surface area (TPSA) is 99.8 Å². The molecule has 1 rings (SSSR count). The van der Waals surface area contributed by atoms with E-state index in [-0.39, 0.29) is 13.1 Å². The van der Waals surface area contributed by atoms with E-state index in [2.05, 4.69) is 9.98 Å². The van der Waals surface area contributed by atoms with Crippen LogP contribution in [0.4, 0.5) is 0 Å². The maximum absolute atomic E-state index is 9.34. The van der Waals surface area contributed by atoms with E-state index in [4.69, 9.17) is 10.2 Å². The first-order valence-corrected chi connectivity index (χ1v) is 5.44. The first-order valence-electron chi connectivity index (χ1n) is 5.44. The Morgan fingerprint density at radius 2 is 1.00 bits per heavy atom. The highest BCUT2D eigenvalue weighted by Crippen LogP contribution is 2.15. The lowest BCUT2D eigenvalue weighted by molar-refractivity contribution is 0.504. The maximum atomic E-state index is 9.34. The van der Waals surface area contributed by atoms with Gasteiger partial charge < -0.3 is 0 Å². The van der Waals surface area contributed by atoms with Gasteiger partial charge in [0.15, 0.2) is 0 Å². The van der Waals surface area contributed by atoms with Crippen LogP contribution >= 0.6 is 0 Å². The molecule has 1 aliphatic rings. The van der Waals surface area contributed by atoms with Crippen LogP contribution in [-0.2, 0) is 14.4 Å². The van der Waals surface area contributed by atoms with E-state index in [0.717, 1.165) is 6.08 Å². The molecule has 0 unspecified atom stereocenters. The minimum absolute atomic E-state index is 0.221. The van der Waals surface area contributed by atoms with Gasteiger partial charge in [0.1, 0.15) is 0 Å². The van der Waals surface area contributed by atoms with Gasteiger partial charge in [-0.1, -0.05) is 38.5 Å². The molecule has 17 heavy (non-hydrogen) atoms. The molecule has 0 amide bonds. The van der Waals surface area contributed by atoms with Crippen LogP contribution in [0.5, 0.6) is 0 Å². The van der Waals surface area contributed by atoms with E-state index in [0.29, 0.717) is 0 Å². The number of isocyanates is 3. The number of rotatable bonds is 3. The second kappa shape index (κ2) is 19.7. The van der Waals surface area contributed by atoms with Crippen LogP contribution in [0.3, 0.4) is 0 Å². The molecule has 0 radical (unpaired) electrons. The summed E-state index contributed by atoms with van der Waals surface area (Å²) in [7, 11) is 0. The van der Waals surface area contributed by atoms with Gasteiger partial charge in [-0.05, 0) is 0 Å². The maximum Gasteiger partial charge on any atom is 0.235 e. The van der Waals surface area contributed by atoms with E-state index >= 15 is 0 Å². The Hall–Kier alpha value is -1.86. The summed E-state index contributed by atoms with van der Waals surface area (Å²) in [5.74, 6) is 0. The summed E-state index contributed by atoms with van der Waals surface area (Å²) in [4.78, 5) is 33.3. The first kappa shape index (κ1) is 17.5. The quantitative estimate of drug-likeness (QED) is 0.462. The molecule has 0 heterocycles. The zero-order valence-corrected chi connectivity index (χ0v) is 9.78. The average Bonchev–Trinajstić information content (AvgIpc) is 2.39. The van der Waals surface area contributed by atoms with Crippen LogP contribution in [0.1, 0.15) is 38.5 Å². The van der Waals surface area contributed by atoms with Crippen LogP contribution in [0.2, 0.25) is 0 Å². The molecule has 0 aromatic rings. The summed E-state index contributed by atoms with van der Waals surface area (Å²) in [5.41, 5.74) is 0. The van der Waals surface area contributed by atoms with Gasteiger partial charge >= 0.3 is 0 Å². The Bertz CT molecular complexity index is 253. The Kier molecular flexibility index (Phi) is 20.3. The lowest BCUT2D eigenvalue weighted by atomic mass is 10.0. The van der Waals surface area contributed by atoms with Crippen molar-refractivity contribution in [1.29, 1.82) is 5.41 Å². The lowest BCUT2D eigenvalue weighted by Gasteiger charge is -2.05. The molecule has 0 aliphatic heterocycles. The predicted octanol–water partition coefficient (Wildman–Crippen LogP) is 1.90. The van der Waals surface area contributed by atoms with Gasteiger partial charge in [-0.15, -0.1) is 0 Å². The van der Waals surface area contributed by atoms with Gasteiger partial charge in [0.05, 0.1) is 13.1 Å². The zero-order chi connectivity index (χ0) is 13.2. The van der Waals surface area contributed by atoms with E-state index in [1.54, 1.807) is 0 Å². The van der Waals surface area contributed by atoms with Crippen molar-refractivity contribution in [2.45, 2.75) is 38.5 Å². The van der Waals surface area contributed by atoms with Crippen LogP contribution < -0.4 is 0 Å². The molecule has 0 saturated heterocycles. The Labute approximate surface area is 100 Å². The Balaban J connectivity index is 0. The molecule has 6 heteroatoms. The van der Waals surface area contributed by atoms with Crippen molar-refractivity contribution in [1.82, 2.24) is 0 Å². The van der Waals surface area contributed by atoms with Crippen molar-refractivity contribution in [2.75, 3.05) is 13.1 Å². The minimum Gasteiger partial charge on any atom is -0.222 e. The van der Waals surface area contributed by atoms with E-state index < -0.39 is 0 Å². The summed E-state index contributed by atoms with van der Waals surface area (Å²) < 4.78 is 0. The van der Waals surface area contributed by atoms with Crippen molar-refractivity contribution in [3.63, 3.8) is 0 Å². The van der Waals surface area contributed by atoms with Crippen molar-refractivity contribution in [3.8, 4) is 0 Å².